The summed E-state index contributed by atoms with van der Waals surface area (Å²) in [5, 5.41) is 5.03. The highest BCUT2D eigenvalue weighted by Gasteiger charge is 2.46. The van der Waals surface area contributed by atoms with Crippen molar-refractivity contribution in [1.29, 1.82) is 0 Å². The van der Waals surface area contributed by atoms with Crippen molar-refractivity contribution in [2.24, 2.45) is 11.8 Å². The van der Waals surface area contributed by atoms with Crippen LogP contribution in [0.5, 0.6) is 0 Å². The van der Waals surface area contributed by atoms with E-state index in [9.17, 15) is 0 Å². The minimum Gasteiger partial charge on any atom is -0.397 e. The molecule has 0 aromatic heterocycles. The Hall–Kier alpha value is -1.22. The molecule has 5 rings (SSSR count). The van der Waals surface area contributed by atoms with Crippen molar-refractivity contribution in [3.63, 3.8) is 0 Å². The molecule has 3 heteroatoms. The highest BCUT2D eigenvalue weighted by Crippen LogP contribution is 2.45. The topological polar surface area (TPSA) is 32.5 Å². The standard InChI is InChI=1S/C14H19N3/c15-13-3-1-2-4-14(13)17-12-6-10-5-11(7-12)9-16(17)8-10/h1-4,10-12H,5-9,15H2. The lowest BCUT2D eigenvalue weighted by Crippen LogP contribution is -2.65. The van der Waals surface area contributed by atoms with Crippen LogP contribution < -0.4 is 10.7 Å². The third kappa shape index (κ3) is 1.38. The molecule has 4 fully saturated rings. The van der Waals surface area contributed by atoms with E-state index >= 15 is 0 Å². The SMILES string of the molecule is Nc1ccccc1N1C2CC3CC(C2)CN1C3. The average molecular weight is 229 g/mol. The van der Waals surface area contributed by atoms with Crippen molar-refractivity contribution < 1.29 is 0 Å². The van der Waals surface area contributed by atoms with Crippen LogP contribution in [-0.4, -0.2) is 24.1 Å². The molecule has 1 aromatic carbocycles. The molecule has 4 aliphatic rings. The van der Waals surface area contributed by atoms with Gasteiger partial charge in [-0.1, -0.05) is 12.1 Å². The minimum atomic E-state index is 0.700. The van der Waals surface area contributed by atoms with Gasteiger partial charge in [-0.2, -0.15) is 0 Å². The first-order chi connectivity index (χ1) is 8.31. The Balaban J connectivity index is 1.73. The van der Waals surface area contributed by atoms with E-state index in [0.717, 1.165) is 17.5 Å². The van der Waals surface area contributed by atoms with E-state index in [1.807, 2.05) is 12.1 Å². The highest BCUT2D eigenvalue weighted by atomic mass is 15.7. The van der Waals surface area contributed by atoms with Gasteiger partial charge >= 0.3 is 0 Å². The molecule has 0 radical (unpaired) electrons. The van der Waals surface area contributed by atoms with Crippen LogP contribution in [0.2, 0.25) is 0 Å². The Labute approximate surface area is 102 Å². The zero-order valence-corrected chi connectivity index (χ0v) is 10.0. The van der Waals surface area contributed by atoms with Gasteiger partial charge in [0, 0.05) is 19.1 Å². The number of anilines is 2. The summed E-state index contributed by atoms with van der Waals surface area (Å²) in [5.41, 5.74) is 8.27. The predicted molar refractivity (Wildman–Crippen MR) is 69.5 cm³/mol. The van der Waals surface area contributed by atoms with Crippen molar-refractivity contribution >= 4 is 11.4 Å². The molecule has 3 heterocycles. The molecule has 3 saturated heterocycles. The molecule has 2 unspecified atom stereocenters. The maximum Gasteiger partial charge on any atom is 0.0754 e. The number of hydrogen-bond acceptors (Lipinski definition) is 3. The number of nitrogens with zero attached hydrogens (tertiary/aromatic N) is 2. The van der Waals surface area contributed by atoms with E-state index < -0.39 is 0 Å². The molecular formula is C14H19N3. The van der Waals surface area contributed by atoms with E-state index in [1.54, 1.807) is 0 Å². The molecule has 4 bridgehead atoms. The third-order valence-corrected chi connectivity index (χ3v) is 4.65. The van der Waals surface area contributed by atoms with Crippen LogP contribution in [0, 0.1) is 11.8 Å². The van der Waals surface area contributed by atoms with E-state index in [2.05, 4.69) is 22.2 Å². The number of benzene rings is 1. The molecule has 3 aliphatic heterocycles. The van der Waals surface area contributed by atoms with E-state index in [1.165, 1.54) is 38.0 Å². The van der Waals surface area contributed by atoms with Gasteiger partial charge in [0.15, 0.2) is 0 Å². The fourth-order valence-electron chi connectivity index (χ4n) is 4.15. The predicted octanol–water partition coefficient (Wildman–Crippen LogP) is 2.10. The van der Waals surface area contributed by atoms with Gasteiger partial charge in [-0.15, -0.1) is 0 Å². The summed E-state index contributed by atoms with van der Waals surface area (Å²) in [7, 11) is 0. The maximum absolute atomic E-state index is 6.13. The van der Waals surface area contributed by atoms with Crippen LogP contribution >= 0.6 is 0 Å². The van der Waals surface area contributed by atoms with E-state index in [4.69, 9.17) is 5.73 Å². The van der Waals surface area contributed by atoms with E-state index in [0.29, 0.717) is 6.04 Å². The summed E-state index contributed by atoms with van der Waals surface area (Å²) in [5.74, 6) is 1.88. The summed E-state index contributed by atoms with van der Waals surface area (Å²) in [6.07, 6.45) is 4.19. The summed E-state index contributed by atoms with van der Waals surface area (Å²) in [6.45, 7) is 2.47. The quantitative estimate of drug-likeness (QED) is 0.749. The summed E-state index contributed by atoms with van der Waals surface area (Å²) in [4.78, 5) is 0. The molecule has 1 aliphatic carbocycles. The van der Waals surface area contributed by atoms with Crippen molar-refractivity contribution in [3.8, 4) is 0 Å². The van der Waals surface area contributed by atoms with Gasteiger partial charge in [-0.05, 0) is 43.2 Å². The molecule has 2 atom stereocenters. The summed E-state index contributed by atoms with van der Waals surface area (Å²) in [6, 6.07) is 8.99. The zero-order chi connectivity index (χ0) is 11.4. The van der Waals surface area contributed by atoms with Crippen LogP contribution in [0.3, 0.4) is 0 Å². The number of piperidine rings is 1. The number of para-hydroxylation sites is 2. The number of nitrogens with two attached hydrogens (primary N) is 1. The van der Waals surface area contributed by atoms with Gasteiger partial charge in [0.1, 0.15) is 0 Å². The van der Waals surface area contributed by atoms with Crippen LogP contribution in [0.15, 0.2) is 24.3 Å². The molecule has 3 nitrogen and oxygen atoms in total. The number of hydrogen-bond donors (Lipinski definition) is 1. The average Bonchev–Trinajstić information content (AvgIpc) is 2.30. The lowest BCUT2D eigenvalue weighted by atomic mass is 9.73. The van der Waals surface area contributed by atoms with Gasteiger partial charge in [0.05, 0.1) is 11.4 Å². The molecule has 1 saturated carbocycles. The Kier molecular flexibility index (Phi) is 1.95. The highest BCUT2D eigenvalue weighted by molar-refractivity contribution is 5.67. The Morgan fingerprint density at radius 2 is 1.71 bits per heavy atom. The summed E-state index contributed by atoms with van der Waals surface area (Å²) >= 11 is 0. The fraction of sp³-hybridized carbons (Fsp3) is 0.571. The molecule has 0 amide bonds. The second kappa shape index (κ2) is 3.39. The Morgan fingerprint density at radius 3 is 2.35 bits per heavy atom. The van der Waals surface area contributed by atoms with Crippen LogP contribution in [0.1, 0.15) is 19.3 Å². The lowest BCUT2D eigenvalue weighted by Gasteiger charge is -2.59. The Morgan fingerprint density at radius 1 is 1.00 bits per heavy atom. The van der Waals surface area contributed by atoms with E-state index in [-0.39, 0.29) is 0 Å². The van der Waals surface area contributed by atoms with Crippen molar-refractivity contribution in [2.45, 2.75) is 25.3 Å². The van der Waals surface area contributed by atoms with Gasteiger partial charge in [-0.3, -0.25) is 0 Å². The molecule has 17 heavy (non-hydrogen) atoms. The lowest BCUT2D eigenvalue weighted by molar-refractivity contribution is -0.00599. The van der Waals surface area contributed by atoms with Crippen LogP contribution in [0.25, 0.3) is 0 Å². The molecule has 2 N–H and O–H groups in total. The second-order valence-corrected chi connectivity index (χ2v) is 5.87. The minimum absolute atomic E-state index is 0.700. The number of nitrogen functional groups attached to an aromatic ring is 1. The number of hydrazine groups is 1. The molecule has 0 spiro atoms. The third-order valence-electron chi connectivity index (χ3n) is 4.65. The first-order valence-corrected chi connectivity index (χ1v) is 6.70. The maximum atomic E-state index is 6.13. The number of rotatable bonds is 1. The second-order valence-electron chi connectivity index (χ2n) is 5.87. The van der Waals surface area contributed by atoms with Gasteiger partial charge in [0.25, 0.3) is 0 Å². The largest absolute Gasteiger partial charge is 0.397 e. The first kappa shape index (κ1) is 9.77. The van der Waals surface area contributed by atoms with Crippen LogP contribution in [-0.2, 0) is 0 Å². The van der Waals surface area contributed by atoms with Crippen molar-refractivity contribution in [2.75, 3.05) is 23.8 Å². The summed E-state index contributed by atoms with van der Waals surface area (Å²) < 4.78 is 0. The molecular weight excluding hydrogens is 210 g/mol. The van der Waals surface area contributed by atoms with Crippen LogP contribution in [0.4, 0.5) is 11.4 Å². The Bertz CT molecular complexity index is 415. The zero-order valence-electron chi connectivity index (χ0n) is 10.0. The monoisotopic (exact) mass is 229 g/mol. The fourth-order valence-corrected chi connectivity index (χ4v) is 4.15. The smallest absolute Gasteiger partial charge is 0.0754 e. The van der Waals surface area contributed by atoms with Crippen molar-refractivity contribution in [1.82, 2.24) is 5.01 Å². The van der Waals surface area contributed by atoms with Gasteiger partial charge in [0.2, 0.25) is 0 Å². The van der Waals surface area contributed by atoms with Crippen molar-refractivity contribution in [3.05, 3.63) is 24.3 Å². The van der Waals surface area contributed by atoms with Gasteiger partial charge in [-0.25, -0.2) is 5.01 Å². The molecule has 1 aromatic rings. The van der Waals surface area contributed by atoms with Gasteiger partial charge < -0.3 is 10.7 Å². The molecule has 90 valence electrons. The first-order valence-electron chi connectivity index (χ1n) is 6.70. The normalized spacial score (nSPS) is 38.7.